The molecule has 1 heterocycles. The molecule has 1 aliphatic carbocycles. The maximum Gasteiger partial charge on any atom is 0.136 e. The minimum absolute atomic E-state index is 0.122. The van der Waals surface area contributed by atoms with Gasteiger partial charge in [-0.3, -0.25) is 0 Å². The van der Waals surface area contributed by atoms with Gasteiger partial charge < -0.3 is 9.32 Å². The van der Waals surface area contributed by atoms with Crippen molar-refractivity contribution in [3.8, 4) is 22.3 Å². The highest BCUT2D eigenvalue weighted by molar-refractivity contribution is 6.34. The number of anilines is 3. The van der Waals surface area contributed by atoms with Gasteiger partial charge in [-0.2, -0.15) is 0 Å². The van der Waals surface area contributed by atoms with Gasteiger partial charge in [0.1, 0.15) is 11.2 Å². The summed E-state index contributed by atoms with van der Waals surface area (Å²) >= 11 is 0. The van der Waals surface area contributed by atoms with E-state index in [0.29, 0.717) is 0 Å². The molecule has 2 heteroatoms. The van der Waals surface area contributed by atoms with Gasteiger partial charge >= 0.3 is 0 Å². The van der Waals surface area contributed by atoms with Crippen molar-refractivity contribution in [2.45, 2.75) is 19.3 Å². The minimum Gasteiger partial charge on any atom is -0.456 e. The summed E-state index contributed by atoms with van der Waals surface area (Å²) in [7, 11) is 0. The number of fused-ring (bicyclic) bond motifs is 14. The van der Waals surface area contributed by atoms with Crippen LogP contribution in [0.25, 0.3) is 87.3 Å². The van der Waals surface area contributed by atoms with Gasteiger partial charge in [-0.05, 0) is 126 Å². The van der Waals surface area contributed by atoms with E-state index in [1.807, 2.05) is 0 Å². The summed E-state index contributed by atoms with van der Waals surface area (Å²) in [5, 5.41) is 12.2. The first-order valence-electron chi connectivity index (χ1n) is 19.8. The number of hydrogen-bond acceptors (Lipinski definition) is 2. The zero-order valence-corrected chi connectivity index (χ0v) is 31.8. The molecule has 0 amide bonds. The molecule has 57 heavy (non-hydrogen) atoms. The van der Waals surface area contributed by atoms with Crippen molar-refractivity contribution in [3.05, 3.63) is 199 Å². The maximum atomic E-state index is 6.43. The number of para-hydroxylation sites is 1. The molecule has 0 unspecified atom stereocenters. The third-order valence-electron chi connectivity index (χ3n) is 12.6. The van der Waals surface area contributed by atoms with Gasteiger partial charge in [-0.1, -0.05) is 147 Å². The van der Waals surface area contributed by atoms with Crippen LogP contribution in [0.1, 0.15) is 25.0 Å². The van der Waals surface area contributed by atoms with Crippen molar-refractivity contribution in [1.29, 1.82) is 0 Å². The van der Waals surface area contributed by atoms with Gasteiger partial charge in [0.15, 0.2) is 0 Å². The molecular formula is C55H37NO. The third-order valence-corrected chi connectivity index (χ3v) is 12.6. The van der Waals surface area contributed by atoms with Crippen LogP contribution in [0.2, 0.25) is 0 Å². The molecule has 10 aromatic carbocycles. The van der Waals surface area contributed by atoms with E-state index in [0.717, 1.165) is 33.6 Å². The summed E-state index contributed by atoms with van der Waals surface area (Å²) in [4.78, 5) is 2.44. The lowest BCUT2D eigenvalue weighted by molar-refractivity contribution is 0.660. The van der Waals surface area contributed by atoms with E-state index in [1.165, 1.54) is 81.9 Å². The van der Waals surface area contributed by atoms with Crippen molar-refractivity contribution >= 4 is 82.1 Å². The van der Waals surface area contributed by atoms with E-state index in [-0.39, 0.29) is 5.41 Å². The molecule has 1 aromatic heterocycles. The van der Waals surface area contributed by atoms with Crippen LogP contribution in [-0.2, 0) is 5.41 Å². The van der Waals surface area contributed by atoms with Crippen LogP contribution in [0.5, 0.6) is 0 Å². The molecule has 268 valence electrons. The summed E-state index contributed by atoms with van der Waals surface area (Å²) in [6.45, 7) is 4.72. The number of hydrogen-bond donors (Lipinski definition) is 0. The van der Waals surface area contributed by atoms with Gasteiger partial charge in [0.05, 0.1) is 0 Å². The Balaban J connectivity index is 1.11. The van der Waals surface area contributed by atoms with Crippen LogP contribution in [0.4, 0.5) is 17.1 Å². The number of rotatable bonds is 4. The lowest BCUT2D eigenvalue weighted by Gasteiger charge is -2.29. The van der Waals surface area contributed by atoms with Crippen molar-refractivity contribution in [3.63, 3.8) is 0 Å². The van der Waals surface area contributed by atoms with Gasteiger partial charge in [0.25, 0.3) is 0 Å². The molecule has 0 radical (unpaired) electrons. The molecule has 0 saturated carbocycles. The Labute approximate surface area is 330 Å². The van der Waals surface area contributed by atoms with Crippen LogP contribution in [0.3, 0.4) is 0 Å². The molecule has 1 aliphatic rings. The summed E-state index contributed by atoms with van der Waals surface area (Å²) in [6.07, 6.45) is 0. The molecule has 0 N–H and O–H groups in total. The zero-order valence-electron chi connectivity index (χ0n) is 31.8. The molecular weight excluding hydrogens is 691 g/mol. The topological polar surface area (TPSA) is 16.4 Å². The van der Waals surface area contributed by atoms with Gasteiger partial charge in [-0.25, -0.2) is 0 Å². The zero-order chi connectivity index (χ0) is 37.8. The van der Waals surface area contributed by atoms with Crippen molar-refractivity contribution in [1.82, 2.24) is 0 Å². The van der Waals surface area contributed by atoms with Crippen molar-refractivity contribution in [2.24, 2.45) is 0 Å². The SMILES string of the molecule is CC1(C)c2ccccc2-c2ccc(N(c3ccc(-c4cccc5ccccc45)cc3)c3ccc4c5ccccc5c5c(ccc6oc7ccccc7c65)c4c3)cc21. The molecule has 12 rings (SSSR count). The monoisotopic (exact) mass is 727 g/mol. The summed E-state index contributed by atoms with van der Waals surface area (Å²) in [5.41, 5.74) is 12.9. The molecule has 0 aliphatic heterocycles. The predicted octanol–water partition coefficient (Wildman–Crippen LogP) is 15.6. The Kier molecular flexibility index (Phi) is 6.72. The Morgan fingerprint density at radius 3 is 1.84 bits per heavy atom. The van der Waals surface area contributed by atoms with Crippen LogP contribution in [0.15, 0.2) is 192 Å². The molecule has 0 saturated heterocycles. The van der Waals surface area contributed by atoms with Crippen molar-refractivity contribution < 1.29 is 4.42 Å². The fraction of sp³-hybridized carbons (Fsp3) is 0.0545. The lowest BCUT2D eigenvalue weighted by Crippen LogP contribution is -2.16. The lowest BCUT2D eigenvalue weighted by atomic mass is 9.82. The first-order chi connectivity index (χ1) is 28.0. The van der Waals surface area contributed by atoms with Crippen LogP contribution >= 0.6 is 0 Å². The van der Waals surface area contributed by atoms with E-state index in [4.69, 9.17) is 4.42 Å². The minimum atomic E-state index is -0.122. The predicted molar refractivity (Wildman–Crippen MR) is 241 cm³/mol. The van der Waals surface area contributed by atoms with Gasteiger partial charge in [0, 0.05) is 38.6 Å². The molecule has 0 bridgehead atoms. The standard InChI is InChI=1S/C55H37NO/c1-55(2)49-20-9-7-16-43(49)44-29-27-38(33-50(44)55)56(36-24-22-35(23-25-36)40-19-11-13-34-12-3-4-14-39(34)40)37-26-28-42-41-15-5-6-17-45(41)53-46(48(42)32-37)30-31-52-54(53)47-18-8-10-21-51(47)57-52/h3-33H,1-2H3. The number of nitrogens with zero attached hydrogens (tertiary/aromatic N) is 1. The second-order valence-electron chi connectivity index (χ2n) is 16.0. The normalized spacial score (nSPS) is 13.2. The first kappa shape index (κ1) is 32.1. The smallest absolute Gasteiger partial charge is 0.136 e. The molecule has 0 atom stereocenters. The molecule has 0 fully saturated rings. The van der Waals surface area contributed by atoms with E-state index < -0.39 is 0 Å². The molecule has 11 aromatic rings. The Morgan fingerprint density at radius 2 is 0.965 bits per heavy atom. The average molecular weight is 728 g/mol. The highest BCUT2D eigenvalue weighted by Crippen LogP contribution is 2.51. The fourth-order valence-corrected chi connectivity index (χ4v) is 9.93. The van der Waals surface area contributed by atoms with E-state index in [1.54, 1.807) is 0 Å². The first-order valence-corrected chi connectivity index (χ1v) is 19.8. The average Bonchev–Trinajstić information content (AvgIpc) is 3.75. The number of benzene rings is 10. The summed E-state index contributed by atoms with van der Waals surface area (Å²) in [6, 6.07) is 69.0. The van der Waals surface area contributed by atoms with E-state index >= 15 is 0 Å². The highest BCUT2D eigenvalue weighted by atomic mass is 16.3. The Hall–Kier alpha value is -7.16. The molecule has 0 spiro atoms. The quantitative estimate of drug-likeness (QED) is 0.168. The molecule has 2 nitrogen and oxygen atoms in total. The number of furan rings is 1. The van der Waals surface area contributed by atoms with Crippen LogP contribution in [0, 0.1) is 0 Å². The Morgan fingerprint density at radius 1 is 0.368 bits per heavy atom. The highest BCUT2D eigenvalue weighted by Gasteiger charge is 2.35. The Bertz CT molecular complexity index is 3440. The van der Waals surface area contributed by atoms with E-state index in [9.17, 15) is 0 Å². The summed E-state index contributed by atoms with van der Waals surface area (Å²) in [5.74, 6) is 0. The van der Waals surface area contributed by atoms with Crippen molar-refractivity contribution in [2.75, 3.05) is 4.90 Å². The van der Waals surface area contributed by atoms with Gasteiger partial charge in [0.2, 0.25) is 0 Å². The third kappa shape index (κ3) is 4.65. The summed E-state index contributed by atoms with van der Waals surface area (Å²) < 4.78 is 6.43. The second-order valence-corrected chi connectivity index (χ2v) is 16.0. The van der Waals surface area contributed by atoms with Crippen LogP contribution < -0.4 is 4.90 Å². The van der Waals surface area contributed by atoms with Gasteiger partial charge in [-0.15, -0.1) is 0 Å². The van der Waals surface area contributed by atoms with E-state index in [2.05, 4.69) is 207 Å². The maximum absolute atomic E-state index is 6.43. The second kappa shape index (κ2) is 11.9. The largest absolute Gasteiger partial charge is 0.456 e. The fourth-order valence-electron chi connectivity index (χ4n) is 9.93. The van der Waals surface area contributed by atoms with Crippen LogP contribution in [-0.4, -0.2) is 0 Å².